The average Bonchev–Trinajstić information content (AvgIpc) is 3.06. The third kappa shape index (κ3) is 2.93. The van der Waals surface area contributed by atoms with Gasteiger partial charge in [0.1, 0.15) is 5.75 Å². The van der Waals surface area contributed by atoms with Gasteiger partial charge in [0.2, 0.25) is 6.79 Å². The number of nitro benzene ring substituents is 1. The Morgan fingerprint density at radius 3 is 2.56 bits per heavy atom. The maximum absolute atomic E-state index is 12.4. The van der Waals surface area contributed by atoms with Crippen molar-refractivity contribution in [3.05, 3.63) is 52.1 Å². The lowest BCUT2D eigenvalue weighted by Crippen LogP contribution is -2.35. The smallest absolute Gasteiger partial charge is 0.269 e. The van der Waals surface area contributed by atoms with Gasteiger partial charge in [-0.15, -0.1) is 0 Å². The zero-order chi connectivity index (χ0) is 17.4. The number of nitro groups is 1. The minimum absolute atomic E-state index is 0.0306. The number of ether oxygens (including phenoxy) is 3. The summed E-state index contributed by atoms with van der Waals surface area (Å²) in [4.78, 5) is 22.6. The van der Waals surface area contributed by atoms with Gasteiger partial charge < -0.3 is 19.5 Å². The molecule has 4 rings (SSSR count). The summed E-state index contributed by atoms with van der Waals surface area (Å²) in [6, 6.07) is 9.28. The Morgan fingerprint density at radius 1 is 1.12 bits per heavy atom. The first-order valence-corrected chi connectivity index (χ1v) is 7.74. The molecule has 8 heteroatoms. The molecule has 1 unspecified atom stereocenters. The maximum atomic E-state index is 12.4. The summed E-state index contributed by atoms with van der Waals surface area (Å²) in [5.74, 6) is 1.61. The number of nitrogens with one attached hydrogen (secondary N) is 1. The Morgan fingerprint density at radius 2 is 1.84 bits per heavy atom. The van der Waals surface area contributed by atoms with Gasteiger partial charge in [-0.3, -0.25) is 14.9 Å². The van der Waals surface area contributed by atoms with Crippen molar-refractivity contribution in [1.82, 2.24) is 0 Å². The van der Waals surface area contributed by atoms with E-state index in [2.05, 4.69) is 5.32 Å². The van der Waals surface area contributed by atoms with Crippen LogP contribution in [-0.4, -0.2) is 23.7 Å². The van der Waals surface area contributed by atoms with Gasteiger partial charge in [0.25, 0.3) is 11.6 Å². The molecule has 1 atom stereocenters. The van der Waals surface area contributed by atoms with Crippen LogP contribution in [0.25, 0.3) is 0 Å². The Labute approximate surface area is 142 Å². The number of fused-ring (bicyclic) bond motifs is 2. The van der Waals surface area contributed by atoms with Crippen molar-refractivity contribution in [2.75, 3.05) is 12.1 Å². The highest BCUT2D eigenvalue weighted by Crippen LogP contribution is 2.40. The van der Waals surface area contributed by atoms with E-state index in [0.717, 1.165) is 5.56 Å². The molecule has 0 aliphatic carbocycles. The largest absolute Gasteiger partial charge is 0.480 e. The molecule has 0 saturated heterocycles. The molecular formula is C17H14N2O6. The highest BCUT2D eigenvalue weighted by Gasteiger charge is 2.29. The minimum atomic E-state index is -0.636. The molecule has 0 saturated carbocycles. The van der Waals surface area contributed by atoms with Gasteiger partial charge in [0, 0.05) is 23.9 Å². The van der Waals surface area contributed by atoms with Crippen LogP contribution in [0.2, 0.25) is 0 Å². The lowest BCUT2D eigenvalue weighted by Gasteiger charge is -2.25. The van der Waals surface area contributed by atoms with E-state index >= 15 is 0 Å². The van der Waals surface area contributed by atoms with Gasteiger partial charge in [-0.2, -0.15) is 0 Å². The molecule has 2 aromatic carbocycles. The van der Waals surface area contributed by atoms with Crippen LogP contribution < -0.4 is 19.5 Å². The molecule has 2 heterocycles. The SMILES string of the molecule is O=C(Nc1ccc([N+](=O)[O-])cc1)C1CCc2cc3c(cc2O1)OCO3. The Kier molecular flexibility index (Phi) is 3.64. The zero-order valence-corrected chi connectivity index (χ0v) is 13.1. The van der Waals surface area contributed by atoms with Crippen molar-refractivity contribution in [3.8, 4) is 17.2 Å². The quantitative estimate of drug-likeness (QED) is 0.680. The van der Waals surface area contributed by atoms with Crippen LogP contribution in [0.5, 0.6) is 17.2 Å². The molecule has 0 fully saturated rings. The number of rotatable bonds is 3. The van der Waals surface area contributed by atoms with Crippen LogP contribution in [0.15, 0.2) is 36.4 Å². The third-order valence-corrected chi connectivity index (χ3v) is 4.14. The lowest BCUT2D eigenvalue weighted by atomic mass is 10.0. The van der Waals surface area contributed by atoms with Gasteiger partial charge in [-0.05, 0) is 36.6 Å². The molecule has 2 aromatic rings. The van der Waals surface area contributed by atoms with Crippen LogP contribution in [-0.2, 0) is 11.2 Å². The molecule has 0 spiro atoms. The molecule has 1 N–H and O–H groups in total. The molecule has 8 nitrogen and oxygen atoms in total. The number of amides is 1. The first-order valence-electron chi connectivity index (χ1n) is 7.74. The molecule has 128 valence electrons. The molecule has 0 radical (unpaired) electrons. The molecule has 2 aliphatic rings. The summed E-state index contributed by atoms with van der Waals surface area (Å²) < 4.78 is 16.5. The predicted octanol–water partition coefficient (Wildman–Crippen LogP) is 2.66. The second-order valence-electron chi connectivity index (χ2n) is 5.75. The second-order valence-corrected chi connectivity index (χ2v) is 5.75. The van der Waals surface area contributed by atoms with Crippen molar-refractivity contribution in [3.63, 3.8) is 0 Å². The standard InChI is InChI=1S/C17H14N2O6/c20-17(18-11-2-4-12(5-3-11)19(21)22)13-6-1-10-7-15-16(24-9-23-15)8-14(10)25-13/h2-5,7-8,13H,1,6,9H2,(H,18,20). The summed E-state index contributed by atoms with van der Waals surface area (Å²) in [7, 11) is 0. The number of carbonyl (C=O) groups excluding carboxylic acids is 1. The van der Waals surface area contributed by atoms with Gasteiger partial charge in [0.15, 0.2) is 17.6 Å². The van der Waals surface area contributed by atoms with Gasteiger partial charge in [-0.1, -0.05) is 0 Å². The van der Waals surface area contributed by atoms with E-state index in [0.29, 0.717) is 35.8 Å². The Hall–Kier alpha value is -3.29. The van der Waals surface area contributed by atoms with Crippen LogP contribution in [0.3, 0.4) is 0 Å². The van der Waals surface area contributed by atoms with Gasteiger partial charge in [-0.25, -0.2) is 0 Å². The number of benzene rings is 2. The highest BCUT2D eigenvalue weighted by atomic mass is 16.7. The summed E-state index contributed by atoms with van der Waals surface area (Å²) >= 11 is 0. The highest BCUT2D eigenvalue weighted by molar-refractivity contribution is 5.94. The normalized spacial score (nSPS) is 17.4. The third-order valence-electron chi connectivity index (χ3n) is 4.14. The molecule has 0 bridgehead atoms. The zero-order valence-electron chi connectivity index (χ0n) is 13.1. The lowest BCUT2D eigenvalue weighted by molar-refractivity contribution is -0.384. The Bertz CT molecular complexity index is 849. The summed E-state index contributed by atoms with van der Waals surface area (Å²) in [6.07, 6.45) is 0.582. The first kappa shape index (κ1) is 15.3. The molecule has 0 aromatic heterocycles. The fraction of sp³-hybridized carbons (Fsp3) is 0.235. The van der Waals surface area contributed by atoms with Crippen LogP contribution in [0.1, 0.15) is 12.0 Å². The minimum Gasteiger partial charge on any atom is -0.480 e. The van der Waals surface area contributed by atoms with E-state index in [4.69, 9.17) is 14.2 Å². The van der Waals surface area contributed by atoms with Crippen molar-refractivity contribution >= 4 is 17.3 Å². The van der Waals surface area contributed by atoms with E-state index in [9.17, 15) is 14.9 Å². The number of aryl methyl sites for hydroxylation is 1. The topological polar surface area (TPSA) is 99.9 Å². The fourth-order valence-corrected chi connectivity index (χ4v) is 2.84. The summed E-state index contributed by atoms with van der Waals surface area (Å²) in [5, 5.41) is 13.4. The number of carbonyl (C=O) groups is 1. The van der Waals surface area contributed by atoms with Gasteiger partial charge >= 0.3 is 0 Å². The van der Waals surface area contributed by atoms with Crippen molar-refractivity contribution < 1.29 is 23.9 Å². The fourth-order valence-electron chi connectivity index (χ4n) is 2.84. The van der Waals surface area contributed by atoms with Gasteiger partial charge in [0.05, 0.1) is 4.92 Å². The number of anilines is 1. The van der Waals surface area contributed by atoms with E-state index in [1.807, 2.05) is 6.07 Å². The number of hydrogen-bond donors (Lipinski definition) is 1. The van der Waals surface area contributed by atoms with Crippen molar-refractivity contribution in [2.45, 2.75) is 18.9 Å². The Balaban J connectivity index is 1.46. The van der Waals surface area contributed by atoms with E-state index in [-0.39, 0.29) is 18.4 Å². The van der Waals surface area contributed by atoms with Crippen LogP contribution >= 0.6 is 0 Å². The monoisotopic (exact) mass is 342 g/mol. The molecule has 1 amide bonds. The number of nitrogens with zero attached hydrogens (tertiary/aromatic N) is 1. The van der Waals surface area contributed by atoms with Crippen molar-refractivity contribution in [2.24, 2.45) is 0 Å². The first-order chi connectivity index (χ1) is 12.1. The maximum Gasteiger partial charge on any atom is 0.269 e. The molecular weight excluding hydrogens is 328 g/mol. The molecule has 2 aliphatic heterocycles. The van der Waals surface area contributed by atoms with Crippen LogP contribution in [0, 0.1) is 10.1 Å². The van der Waals surface area contributed by atoms with E-state index < -0.39 is 11.0 Å². The number of non-ortho nitro benzene ring substituents is 1. The number of hydrogen-bond acceptors (Lipinski definition) is 6. The predicted molar refractivity (Wildman–Crippen MR) is 87.0 cm³/mol. The van der Waals surface area contributed by atoms with Crippen molar-refractivity contribution in [1.29, 1.82) is 0 Å². The van der Waals surface area contributed by atoms with E-state index in [1.54, 1.807) is 6.07 Å². The summed E-state index contributed by atoms with van der Waals surface area (Å²) in [5.41, 5.74) is 1.43. The molecule has 25 heavy (non-hydrogen) atoms. The average molecular weight is 342 g/mol. The summed E-state index contributed by atoms with van der Waals surface area (Å²) in [6.45, 7) is 0.183. The van der Waals surface area contributed by atoms with Crippen LogP contribution in [0.4, 0.5) is 11.4 Å². The second kappa shape index (κ2) is 5.97. The van der Waals surface area contributed by atoms with E-state index in [1.165, 1.54) is 24.3 Å².